The van der Waals surface area contributed by atoms with Crippen molar-refractivity contribution in [3.05, 3.63) is 11.9 Å². The highest BCUT2D eigenvalue weighted by atomic mass is 15.3. The van der Waals surface area contributed by atoms with Gasteiger partial charge in [-0.15, -0.1) is 5.43 Å². The van der Waals surface area contributed by atoms with Crippen LogP contribution in [0.1, 0.15) is 26.2 Å². The molecule has 1 heterocycles. The van der Waals surface area contributed by atoms with E-state index < -0.39 is 0 Å². The summed E-state index contributed by atoms with van der Waals surface area (Å²) in [5.41, 5.74) is 10.1. The Morgan fingerprint density at radius 1 is 1.60 bits per heavy atom. The van der Waals surface area contributed by atoms with Gasteiger partial charge in [0.05, 0.1) is 5.71 Å². The van der Waals surface area contributed by atoms with Gasteiger partial charge in [0, 0.05) is 6.08 Å². The minimum absolute atomic E-state index is 0.533. The zero-order valence-electron chi connectivity index (χ0n) is 6.17. The van der Waals surface area contributed by atoms with Gasteiger partial charge in [-0.2, -0.15) is 5.10 Å². The zero-order valence-corrected chi connectivity index (χ0v) is 6.17. The summed E-state index contributed by atoms with van der Waals surface area (Å²) in [6, 6.07) is 0. The average molecular weight is 138 g/mol. The van der Waals surface area contributed by atoms with Crippen LogP contribution in [0.5, 0.6) is 0 Å². The molecule has 0 aromatic heterocycles. The molecule has 3 nitrogen and oxygen atoms in total. The molecule has 0 atom stereocenters. The van der Waals surface area contributed by atoms with Gasteiger partial charge in [-0.3, -0.25) is 0 Å². The van der Waals surface area contributed by atoms with Crippen molar-refractivity contribution in [1.29, 1.82) is 0 Å². The van der Waals surface area contributed by atoms with E-state index in [2.05, 4.69) is 17.5 Å². The van der Waals surface area contributed by atoms with Crippen LogP contribution in [0.3, 0.4) is 0 Å². The van der Waals surface area contributed by atoms with Crippen LogP contribution in [-0.4, -0.2) is 5.71 Å². The second kappa shape index (κ2) is 3.25. The summed E-state index contributed by atoms with van der Waals surface area (Å²) >= 11 is 0. The van der Waals surface area contributed by atoms with Gasteiger partial charge in [0.1, 0.15) is 5.82 Å². The lowest BCUT2D eigenvalue weighted by molar-refractivity contribution is 0.825. The fourth-order valence-corrected chi connectivity index (χ4v) is 0.830. The van der Waals surface area contributed by atoms with Crippen LogP contribution in [0.4, 0.5) is 0 Å². The SMILES string of the molecule is CCCCC1=N[N]C(N)=C1. The molecule has 0 aliphatic carbocycles. The lowest BCUT2D eigenvalue weighted by Gasteiger charge is -1.90. The lowest BCUT2D eigenvalue weighted by Crippen LogP contribution is -2.01. The summed E-state index contributed by atoms with van der Waals surface area (Å²) in [4.78, 5) is 0. The number of unbranched alkanes of at least 4 members (excludes halogenated alkanes) is 1. The topological polar surface area (TPSA) is 52.5 Å². The Bertz CT molecular complexity index is 170. The van der Waals surface area contributed by atoms with Crippen LogP contribution in [0.15, 0.2) is 17.0 Å². The standard InChI is InChI=1S/C7H12N3/c1-2-3-4-6-5-7(8)10-9-6/h5H,2-4,8H2,1H3. The molecule has 0 saturated carbocycles. The molecular formula is C7H12N3. The zero-order chi connectivity index (χ0) is 7.40. The summed E-state index contributed by atoms with van der Waals surface area (Å²) in [7, 11) is 0. The highest BCUT2D eigenvalue weighted by Gasteiger charge is 2.04. The van der Waals surface area contributed by atoms with Crippen molar-refractivity contribution >= 4 is 5.71 Å². The van der Waals surface area contributed by atoms with Gasteiger partial charge in [0.2, 0.25) is 0 Å². The van der Waals surface area contributed by atoms with Crippen LogP contribution in [0.2, 0.25) is 0 Å². The Morgan fingerprint density at radius 2 is 2.40 bits per heavy atom. The molecular weight excluding hydrogens is 126 g/mol. The van der Waals surface area contributed by atoms with Gasteiger partial charge < -0.3 is 5.73 Å². The van der Waals surface area contributed by atoms with Gasteiger partial charge >= 0.3 is 0 Å². The fraction of sp³-hybridized carbons (Fsp3) is 0.571. The van der Waals surface area contributed by atoms with Gasteiger partial charge in [-0.05, 0) is 12.8 Å². The molecule has 0 amide bonds. The summed E-state index contributed by atoms with van der Waals surface area (Å²) < 4.78 is 0. The molecule has 3 heteroatoms. The summed E-state index contributed by atoms with van der Waals surface area (Å²) in [5, 5.41) is 3.88. The maximum absolute atomic E-state index is 5.38. The van der Waals surface area contributed by atoms with E-state index in [1.165, 1.54) is 6.42 Å². The van der Waals surface area contributed by atoms with Gasteiger partial charge in [-0.25, -0.2) is 0 Å². The molecule has 0 aromatic rings. The Morgan fingerprint density at radius 3 is 2.90 bits per heavy atom. The van der Waals surface area contributed by atoms with Crippen molar-refractivity contribution in [2.75, 3.05) is 0 Å². The third-order valence-corrected chi connectivity index (χ3v) is 1.39. The number of allylic oxidation sites excluding steroid dienone is 1. The fourth-order valence-electron chi connectivity index (χ4n) is 0.830. The van der Waals surface area contributed by atoms with Crippen molar-refractivity contribution in [2.45, 2.75) is 26.2 Å². The summed E-state index contributed by atoms with van der Waals surface area (Å²) in [6.45, 7) is 2.15. The van der Waals surface area contributed by atoms with Crippen molar-refractivity contribution in [3.8, 4) is 0 Å². The van der Waals surface area contributed by atoms with Gasteiger partial charge in [0.15, 0.2) is 0 Å². The first-order valence-corrected chi connectivity index (χ1v) is 3.57. The van der Waals surface area contributed by atoms with Crippen molar-refractivity contribution < 1.29 is 0 Å². The number of hydrogen-bond acceptors (Lipinski definition) is 2. The Labute approximate surface area is 61.0 Å². The molecule has 0 spiro atoms. The number of nitrogens with two attached hydrogens (primary N) is 1. The van der Waals surface area contributed by atoms with Crippen molar-refractivity contribution in [1.82, 2.24) is 5.43 Å². The first kappa shape index (κ1) is 7.12. The average Bonchev–Trinajstić information content (AvgIpc) is 2.31. The van der Waals surface area contributed by atoms with Crippen LogP contribution in [0, 0.1) is 0 Å². The highest BCUT2D eigenvalue weighted by molar-refractivity contribution is 5.96. The molecule has 1 aliphatic heterocycles. The number of hydrogen-bond donors (Lipinski definition) is 1. The first-order valence-electron chi connectivity index (χ1n) is 3.57. The molecule has 55 valence electrons. The predicted molar refractivity (Wildman–Crippen MR) is 41.4 cm³/mol. The van der Waals surface area contributed by atoms with Crippen molar-refractivity contribution in [3.63, 3.8) is 0 Å². The molecule has 0 saturated heterocycles. The molecule has 1 aliphatic rings. The molecule has 0 aromatic carbocycles. The van der Waals surface area contributed by atoms with Crippen molar-refractivity contribution in [2.24, 2.45) is 10.8 Å². The summed E-state index contributed by atoms with van der Waals surface area (Å²) in [6.07, 6.45) is 5.18. The maximum Gasteiger partial charge on any atom is 0.147 e. The Hall–Kier alpha value is -0.990. The summed E-state index contributed by atoms with van der Waals surface area (Å²) in [5.74, 6) is 0.533. The first-order chi connectivity index (χ1) is 4.83. The molecule has 1 radical (unpaired) electrons. The molecule has 0 unspecified atom stereocenters. The van der Waals surface area contributed by atoms with E-state index in [0.29, 0.717) is 5.82 Å². The molecule has 10 heavy (non-hydrogen) atoms. The van der Waals surface area contributed by atoms with Crippen LogP contribution < -0.4 is 11.2 Å². The molecule has 2 N–H and O–H groups in total. The maximum atomic E-state index is 5.38. The second-order valence-corrected chi connectivity index (χ2v) is 2.36. The van der Waals surface area contributed by atoms with E-state index in [1.54, 1.807) is 0 Å². The monoisotopic (exact) mass is 138 g/mol. The number of nitrogens with zero attached hydrogens (tertiary/aromatic N) is 2. The van der Waals surface area contributed by atoms with E-state index in [4.69, 9.17) is 5.73 Å². The molecule has 0 bridgehead atoms. The molecule has 1 rings (SSSR count). The van der Waals surface area contributed by atoms with E-state index in [1.807, 2.05) is 6.08 Å². The quantitative estimate of drug-likeness (QED) is 0.620. The Balaban J connectivity index is 2.29. The van der Waals surface area contributed by atoms with E-state index >= 15 is 0 Å². The van der Waals surface area contributed by atoms with E-state index in [9.17, 15) is 0 Å². The van der Waals surface area contributed by atoms with E-state index in [0.717, 1.165) is 18.6 Å². The van der Waals surface area contributed by atoms with E-state index in [-0.39, 0.29) is 0 Å². The number of rotatable bonds is 3. The van der Waals surface area contributed by atoms with Crippen LogP contribution in [-0.2, 0) is 0 Å². The minimum atomic E-state index is 0.533. The smallest absolute Gasteiger partial charge is 0.147 e. The second-order valence-electron chi connectivity index (χ2n) is 2.36. The van der Waals surface area contributed by atoms with Gasteiger partial charge in [0.25, 0.3) is 0 Å². The van der Waals surface area contributed by atoms with Crippen LogP contribution >= 0.6 is 0 Å². The Kier molecular flexibility index (Phi) is 2.31. The normalized spacial score (nSPS) is 16.1. The largest absolute Gasteiger partial charge is 0.382 e. The lowest BCUT2D eigenvalue weighted by atomic mass is 10.2. The third kappa shape index (κ3) is 1.76. The minimum Gasteiger partial charge on any atom is -0.382 e. The van der Waals surface area contributed by atoms with Gasteiger partial charge in [-0.1, -0.05) is 13.3 Å². The van der Waals surface area contributed by atoms with Crippen LogP contribution in [0.25, 0.3) is 0 Å². The predicted octanol–water partition coefficient (Wildman–Crippen LogP) is 0.951. The third-order valence-electron chi connectivity index (χ3n) is 1.39. The highest BCUT2D eigenvalue weighted by Crippen LogP contribution is 2.03. The molecule has 0 fully saturated rings.